The van der Waals surface area contributed by atoms with Crippen LogP contribution in [-0.2, 0) is 14.8 Å². The number of carbonyl (C=O) groups excluding carboxylic acids is 1. The Morgan fingerprint density at radius 3 is 2.22 bits per heavy atom. The maximum absolute atomic E-state index is 12.7. The molecule has 0 saturated carbocycles. The van der Waals surface area contributed by atoms with E-state index >= 15 is 0 Å². The van der Waals surface area contributed by atoms with E-state index in [-0.39, 0.29) is 16.8 Å². The molecule has 0 aromatic heterocycles. The molecule has 2 heterocycles. The fraction of sp³-hybridized carbons (Fsp3) is 0.650. The Morgan fingerprint density at radius 2 is 1.67 bits per heavy atom. The average Bonchev–Trinajstić information content (AvgIpc) is 3.08. The van der Waals surface area contributed by atoms with Crippen LogP contribution in [0.2, 0.25) is 0 Å². The van der Waals surface area contributed by atoms with Crippen molar-refractivity contribution >= 4 is 21.6 Å². The normalized spacial score (nSPS) is 20.4. The lowest BCUT2D eigenvalue weighted by Crippen LogP contribution is -2.48. The first-order valence-electron chi connectivity index (χ1n) is 10.0. The van der Waals surface area contributed by atoms with Gasteiger partial charge >= 0.3 is 0 Å². The molecule has 1 N–H and O–H groups in total. The Labute approximate surface area is 163 Å². The molecule has 2 fully saturated rings. The first-order valence-corrected chi connectivity index (χ1v) is 11.5. The monoisotopic (exact) mass is 393 g/mol. The van der Waals surface area contributed by atoms with Gasteiger partial charge in [-0.3, -0.25) is 9.69 Å². The third-order valence-electron chi connectivity index (χ3n) is 5.64. The van der Waals surface area contributed by atoms with E-state index in [4.69, 9.17) is 0 Å². The van der Waals surface area contributed by atoms with E-state index in [1.165, 1.54) is 19.3 Å². The van der Waals surface area contributed by atoms with Crippen LogP contribution in [0.25, 0.3) is 0 Å². The smallest absolute Gasteiger partial charge is 0.240 e. The Balaban J connectivity index is 1.65. The second kappa shape index (κ2) is 8.71. The predicted molar refractivity (Wildman–Crippen MR) is 107 cm³/mol. The molecule has 0 aliphatic carbocycles. The van der Waals surface area contributed by atoms with Crippen molar-refractivity contribution in [1.82, 2.24) is 9.62 Å². The van der Waals surface area contributed by atoms with Gasteiger partial charge in [0.15, 0.2) is 0 Å². The van der Waals surface area contributed by atoms with E-state index in [1.807, 2.05) is 0 Å². The zero-order valence-electron chi connectivity index (χ0n) is 16.4. The molecule has 1 aromatic carbocycles. The molecule has 1 aromatic rings. The van der Waals surface area contributed by atoms with Gasteiger partial charge in [-0.25, -0.2) is 13.1 Å². The zero-order chi connectivity index (χ0) is 19.4. The Hall–Kier alpha value is -1.44. The topological polar surface area (TPSA) is 69.7 Å². The molecule has 0 bridgehead atoms. The van der Waals surface area contributed by atoms with E-state index in [0.717, 1.165) is 25.2 Å². The third-order valence-corrected chi connectivity index (χ3v) is 7.08. The molecule has 27 heavy (non-hydrogen) atoms. The number of carbonyl (C=O) groups is 1. The first kappa shape index (κ1) is 20.3. The molecule has 150 valence electrons. The molecule has 1 unspecified atom stereocenters. The van der Waals surface area contributed by atoms with E-state index in [1.54, 1.807) is 29.2 Å². The minimum atomic E-state index is -3.56. The third kappa shape index (κ3) is 4.89. The number of hydrogen-bond donors (Lipinski definition) is 1. The minimum Gasteiger partial charge on any atom is -0.312 e. The lowest BCUT2D eigenvalue weighted by molar-refractivity contribution is -0.117. The maximum atomic E-state index is 12.7. The standard InChI is InChI=1S/C20H31N3O3S/c1-16(2)19(22-12-4-3-5-13-22)15-21-27(25,26)18-10-8-17(9-11-18)23-14-6-7-20(23)24/h8-11,16,19,21H,3-7,12-15H2,1-2H3. The highest BCUT2D eigenvalue weighted by Gasteiger charge is 2.26. The lowest BCUT2D eigenvalue weighted by atomic mass is 9.99. The highest BCUT2D eigenvalue weighted by Crippen LogP contribution is 2.23. The molecule has 0 spiro atoms. The van der Waals surface area contributed by atoms with Crippen molar-refractivity contribution in [2.24, 2.45) is 5.92 Å². The van der Waals surface area contributed by atoms with Crippen LogP contribution in [0.3, 0.4) is 0 Å². The van der Waals surface area contributed by atoms with E-state index < -0.39 is 10.0 Å². The Kier molecular flexibility index (Phi) is 6.55. The molecule has 2 aliphatic rings. The van der Waals surface area contributed by atoms with Gasteiger partial charge in [0.25, 0.3) is 0 Å². The van der Waals surface area contributed by atoms with Crippen molar-refractivity contribution in [1.29, 1.82) is 0 Å². The van der Waals surface area contributed by atoms with Crippen molar-refractivity contribution in [3.05, 3.63) is 24.3 Å². The van der Waals surface area contributed by atoms with Crippen molar-refractivity contribution in [3.8, 4) is 0 Å². The molecule has 0 radical (unpaired) electrons. The number of likely N-dealkylation sites (tertiary alicyclic amines) is 1. The second-order valence-corrected chi connectivity index (χ2v) is 9.67. The van der Waals surface area contributed by atoms with Crippen LogP contribution in [0.1, 0.15) is 46.0 Å². The van der Waals surface area contributed by atoms with E-state index in [2.05, 4.69) is 23.5 Å². The van der Waals surface area contributed by atoms with E-state index in [9.17, 15) is 13.2 Å². The Morgan fingerprint density at radius 1 is 1.00 bits per heavy atom. The molecule has 1 atom stereocenters. The number of hydrogen-bond acceptors (Lipinski definition) is 4. The molecule has 6 nitrogen and oxygen atoms in total. The number of rotatable bonds is 7. The average molecular weight is 394 g/mol. The summed E-state index contributed by atoms with van der Waals surface area (Å²) < 4.78 is 28.3. The Bertz CT molecular complexity index is 740. The summed E-state index contributed by atoms with van der Waals surface area (Å²) in [5, 5.41) is 0. The second-order valence-electron chi connectivity index (χ2n) is 7.90. The maximum Gasteiger partial charge on any atom is 0.240 e. The number of nitrogens with zero attached hydrogens (tertiary/aromatic N) is 2. The summed E-state index contributed by atoms with van der Waals surface area (Å²) in [7, 11) is -3.56. The van der Waals surface area contributed by atoms with Crippen LogP contribution < -0.4 is 9.62 Å². The lowest BCUT2D eigenvalue weighted by Gasteiger charge is -2.37. The fourth-order valence-electron chi connectivity index (χ4n) is 4.04. The summed E-state index contributed by atoms with van der Waals surface area (Å²) in [5.41, 5.74) is 0.768. The summed E-state index contributed by atoms with van der Waals surface area (Å²) in [6.45, 7) is 7.51. The molecular weight excluding hydrogens is 362 g/mol. The van der Waals surface area contributed by atoms with Gasteiger partial charge in [-0.2, -0.15) is 0 Å². The van der Waals surface area contributed by atoms with Crippen molar-refractivity contribution < 1.29 is 13.2 Å². The summed E-state index contributed by atoms with van der Waals surface area (Å²) >= 11 is 0. The van der Waals surface area contributed by atoms with Crippen LogP contribution in [0.5, 0.6) is 0 Å². The first-order chi connectivity index (χ1) is 12.9. The quantitative estimate of drug-likeness (QED) is 0.773. The van der Waals surface area contributed by atoms with E-state index in [0.29, 0.717) is 25.4 Å². The van der Waals surface area contributed by atoms with Crippen LogP contribution in [0.4, 0.5) is 5.69 Å². The number of benzene rings is 1. The van der Waals surface area contributed by atoms with Crippen LogP contribution in [-0.4, -0.2) is 51.4 Å². The fourth-order valence-corrected chi connectivity index (χ4v) is 5.09. The summed E-state index contributed by atoms with van der Waals surface area (Å²) in [4.78, 5) is 16.2. The number of sulfonamides is 1. The zero-order valence-corrected chi connectivity index (χ0v) is 17.2. The number of amides is 1. The van der Waals surface area contributed by atoms with Gasteiger partial charge in [0.2, 0.25) is 15.9 Å². The van der Waals surface area contributed by atoms with Crippen LogP contribution >= 0.6 is 0 Å². The number of nitrogens with one attached hydrogen (secondary N) is 1. The largest absolute Gasteiger partial charge is 0.312 e. The predicted octanol–water partition coefficient (Wildman–Crippen LogP) is 2.60. The van der Waals surface area contributed by atoms with Gasteiger partial charge in [-0.15, -0.1) is 0 Å². The molecular formula is C20H31N3O3S. The summed E-state index contributed by atoms with van der Waals surface area (Å²) in [6, 6.07) is 6.84. The summed E-state index contributed by atoms with van der Waals surface area (Å²) in [5.74, 6) is 0.486. The van der Waals surface area contributed by atoms with Crippen LogP contribution in [0, 0.1) is 5.92 Å². The van der Waals surface area contributed by atoms with Crippen molar-refractivity contribution in [2.75, 3.05) is 31.1 Å². The molecule has 7 heteroatoms. The molecule has 2 aliphatic heterocycles. The molecule has 1 amide bonds. The van der Waals surface area contributed by atoms with Crippen LogP contribution in [0.15, 0.2) is 29.2 Å². The van der Waals surface area contributed by atoms with Gasteiger partial charge < -0.3 is 4.90 Å². The number of anilines is 1. The highest BCUT2D eigenvalue weighted by atomic mass is 32.2. The number of piperidine rings is 1. The molecule has 3 rings (SSSR count). The van der Waals surface area contributed by atoms with Gasteiger partial charge in [0.1, 0.15) is 0 Å². The van der Waals surface area contributed by atoms with Gasteiger partial charge in [0.05, 0.1) is 4.90 Å². The van der Waals surface area contributed by atoms with Gasteiger partial charge in [-0.05, 0) is 62.5 Å². The highest BCUT2D eigenvalue weighted by molar-refractivity contribution is 7.89. The van der Waals surface area contributed by atoms with Gasteiger partial charge in [0, 0.05) is 31.2 Å². The van der Waals surface area contributed by atoms with Crippen molar-refractivity contribution in [3.63, 3.8) is 0 Å². The SMILES string of the molecule is CC(C)C(CNS(=O)(=O)c1ccc(N2CCCC2=O)cc1)N1CCCCC1. The summed E-state index contributed by atoms with van der Waals surface area (Å²) in [6.07, 6.45) is 5.06. The van der Waals surface area contributed by atoms with Crippen molar-refractivity contribution in [2.45, 2.75) is 56.9 Å². The van der Waals surface area contributed by atoms with Gasteiger partial charge in [-0.1, -0.05) is 20.3 Å². The minimum absolute atomic E-state index is 0.102. The molecule has 2 saturated heterocycles.